The van der Waals surface area contributed by atoms with Crippen molar-refractivity contribution in [2.45, 2.75) is 0 Å². The summed E-state index contributed by atoms with van der Waals surface area (Å²) < 4.78 is 170. The van der Waals surface area contributed by atoms with Gasteiger partial charge < -0.3 is 8.83 Å². The van der Waals surface area contributed by atoms with Gasteiger partial charge in [-0.1, -0.05) is 145 Å². The summed E-state index contributed by atoms with van der Waals surface area (Å²) in [6, 6.07) is 12.4. The molecule has 11 aromatic rings. The highest BCUT2D eigenvalue weighted by atomic mass is 16.3. The van der Waals surface area contributed by atoms with Gasteiger partial charge in [0.2, 0.25) is 0 Å². The number of nitrogens with zero attached hydrogens (tertiary/aromatic N) is 3. The minimum absolute atomic E-state index is 0.127. The third kappa shape index (κ3) is 5.53. The Morgan fingerprint density at radius 2 is 0.946 bits per heavy atom. The monoisotopic (exact) mass is 735 g/mol. The predicted octanol–water partition coefficient (Wildman–Crippen LogP) is 13.7. The van der Waals surface area contributed by atoms with Gasteiger partial charge in [-0.15, -0.1) is 0 Å². The highest BCUT2D eigenvalue weighted by Crippen LogP contribution is 2.38. The quantitative estimate of drug-likeness (QED) is 0.170. The van der Waals surface area contributed by atoms with Crippen molar-refractivity contribution in [2.75, 3.05) is 0 Å². The van der Waals surface area contributed by atoms with E-state index in [2.05, 4.69) is 4.98 Å². The SMILES string of the molecule is [2H]c1c([2H])c([2H])c(-c2c([2H])c([2H])c3c(oc4c([2H])c(-c5nc(-c6ccc(-c7cccc(-c8ccccc8)c7)cc6)nc(-c6c([2H])c([2H])c([2H])c7oc8c([2H])c([2H])c([2H])c([2H])c8c67)n5)c([2H])c([2H])c43)c2[2H])c([2H])c1[2H]. The first-order valence-corrected chi connectivity index (χ1v) is 17.2. The smallest absolute Gasteiger partial charge is 0.164 e. The van der Waals surface area contributed by atoms with Crippen molar-refractivity contribution in [3.05, 3.63) is 188 Å². The van der Waals surface area contributed by atoms with Crippen LogP contribution < -0.4 is 0 Å². The van der Waals surface area contributed by atoms with Crippen molar-refractivity contribution in [3.8, 4) is 67.5 Å². The molecule has 8 aromatic carbocycles. The van der Waals surface area contributed by atoms with E-state index < -0.39 is 148 Å². The Morgan fingerprint density at radius 1 is 0.357 bits per heavy atom. The fourth-order valence-corrected chi connectivity index (χ4v) is 6.57. The second-order valence-electron chi connectivity index (χ2n) is 12.6. The fourth-order valence-electron chi connectivity index (χ4n) is 6.57. The number of hydrogen-bond donors (Lipinski definition) is 0. The van der Waals surface area contributed by atoms with Crippen LogP contribution in [0, 0.1) is 0 Å². The zero-order valence-electron chi connectivity index (χ0n) is 46.7. The van der Waals surface area contributed by atoms with Gasteiger partial charge in [-0.05, 0) is 75.7 Å². The van der Waals surface area contributed by atoms with E-state index in [0.29, 0.717) is 5.56 Å². The summed E-state index contributed by atoms with van der Waals surface area (Å²) in [5, 5.41) is -1.08. The maximum atomic E-state index is 9.59. The first-order valence-electron chi connectivity index (χ1n) is 26.2. The molecule has 0 bridgehead atoms. The van der Waals surface area contributed by atoms with Gasteiger partial charge in [0, 0.05) is 38.2 Å². The molecule has 56 heavy (non-hydrogen) atoms. The number of fused-ring (bicyclic) bond motifs is 6. The van der Waals surface area contributed by atoms with E-state index in [-0.39, 0.29) is 44.1 Å². The Kier molecular flexibility index (Phi) is 4.33. The molecule has 0 fully saturated rings. The van der Waals surface area contributed by atoms with Gasteiger partial charge in [0.15, 0.2) is 17.5 Å². The zero-order valence-corrected chi connectivity index (χ0v) is 28.7. The maximum Gasteiger partial charge on any atom is 0.164 e. The van der Waals surface area contributed by atoms with Crippen molar-refractivity contribution in [3.63, 3.8) is 0 Å². The minimum atomic E-state index is -0.750. The lowest BCUT2D eigenvalue weighted by Gasteiger charge is -2.10. The van der Waals surface area contributed by atoms with Crippen LogP contribution in [0.3, 0.4) is 0 Å². The molecule has 3 heterocycles. The third-order valence-corrected chi connectivity index (χ3v) is 9.24. The highest BCUT2D eigenvalue weighted by Gasteiger charge is 2.19. The molecular weight excluding hydrogens is 687 g/mol. The first kappa shape index (κ1) is 18.6. The zero-order chi connectivity index (χ0) is 52.7. The molecule has 0 atom stereocenters. The summed E-state index contributed by atoms with van der Waals surface area (Å²) in [5.41, 5.74) is 0.436. The molecule has 3 aromatic heterocycles. The number of furan rings is 2. The van der Waals surface area contributed by atoms with Gasteiger partial charge in [0.05, 0.1) is 24.7 Å². The molecule has 0 N–H and O–H groups in total. The van der Waals surface area contributed by atoms with Crippen LogP contribution in [0.5, 0.6) is 0 Å². The second-order valence-corrected chi connectivity index (χ2v) is 12.6. The normalized spacial score (nSPS) is 16.1. The molecule has 5 heteroatoms. The molecule has 0 unspecified atom stereocenters. The molecule has 0 radical (unpaired) electrons. The summed E-state index contributed by atoms with van der Waals surface area (Å²) in [5.74, 6) is -1.00. The van der Waals surface area contributed by atoms with Gasteiger partial charge in [-0.3, -0.25) is 0 Å². The number of aromatic nitrogens is 3. The lowest BCUT2D eigenvalue weighted by molar-refractivity contribution is 0.668. The van der Waals surface area contributed by atoms with E-state index in [0.717, 1.165) is 22.3 Å². The predicted molar refractivity (Wildman–Crippen MR) is 227 cm³/mol. The molecule has 0 saturated heterocycles. The molecule has 0 amide bonds. The number of benzene rings is 8. The molecule has 0 saturated carbocycles. The lowest BCUT2D eigenvalue weighted by atomic mass is 9.98. The Balaban J connectivity index is 1.18. The second kappa shape index (κ2) is 13.0. The molecule has 5 nitrogen and oxygen atoms in total. The summed E-state index contributed by atoms with van der Waals surface area (Å²) in [7, 11) is 0. The maximum absolute atomic E-state index is 9.59. The van der Waals surface area contributed by atoms with E-state index in [1.54, 1.807) is 24.3 Å². The van der Waals surface area contributed by atoms with E-state index in [1.165, 1.54) is 0 Å². The highest BCUT2D eigenvalue weighted by molar-refractivity contribution is 6.12. The van der Waals surface area contributed by atoms with Crippen LogP contribution in [0.15, 0.2) is 196 Å². The summed E-state index contributed by atoms with van der Waals surface area (Å²) in [4.78, 5) is 14.1. The third-order valence-electron chi connectivity index (χ3n) is 9.24. The average molecular weight is 736 g/mol. The van der Waals surface area contributed by atoms with Gasteiger partial charge in [-0.2, -0.15) is 0 Å². The van der Waals surface area contributed by atoms with Crippen LogP contribution in [0.2, 0.25) is 0 Å². The van der Waals surface area contributed by atoms with Gasteiger partial charge in [-0.25, -0.2) is 15.0 Å². The minimum Gasteiger partial charge on any atom is -0.456 e. The van der Waals surface area contributed by atoms with E-state index in [1.807, 2.05) is 54.6 Å². The Labute approximate surface area is 347 Å². The summed E-state index contributed by atoms with van der Waals surface area (Å²) >= 11 is 0. The van der Waals surface area contributed by atoms with E-state index in [9.17, 15) is 6.85 Å². The largest absolute Gasteiger partial charge is 0.456 e. The number of rotatable bonds is 6. The van der Waals surface area contributed by atoms with Gasteiger partial charge in [0.1, 0.15) is 22.3 Å². The van der Waals surface area contributed by atoms with Crippen LogP contribution in [0.25, 0.3) is 111 Å². The van der Waals surface area contributed by atoms with Crippen LogP contribution >= 0.6 is 0 Å². The van der Waals surface area contributed by atoms with Crippen LogP contribution in [0.4, 0.5) is 0 Å². The number of hydrogen-bond acceptors (Lipinski definition) is 5. The Morgan fingerprint density at radius 3 is 1.73 bits per heavy atom. The van der Waals surface area contributed by atoms with Crippen LogP contribution in [-0.2, 0) is 0 Å². The Bertz CT molecular complexity index is 4260. The van der Waals surface area contributed by atoms with Crippen LogP contribution in [-0.4, -0.2) is 15.0 Å². The molecule has 0 aliphatic carbocycles. The topological polar surface area (TPSA) is 65.0 Å². The summed E-state index contributed by atoms with van der Waals surface area (Å²) in [6.07, 6.45) is 0. The first-order chi connectivity index (χ1) is 35.2. The molecule has 0 aliphatic rings. The van der Waals surface area contributed by atoms with Gasteiger partial charge >= 0.3 is 0 Å². The van der Waals surface area contributed by atoms with Crippen molar-refractivity contribution in [1.82, 2.24) is 15.0 Å². The van der Waals surface area contributed by atoms with E-state index >= 15 is 0 Å². The molecule has 0 aliphatic heterocycles. The average Bonchev–Trinajstić information content (AvgIpc) is 4.03. The summed E-state index contributed by atoms with van der Waals surface area (Å²) in [6.45, 7) is 0. The fraction of sp³-hybridized carbons (Fsp3) is 0. The van der Waals surface area contributed by atoms with Crippen LogP contribution in [0.1, 0.15) is 24.7 Å². The number of para-hydroxylation sites is 1. The lowest BCUT2D eigenvalue weighted by Crippen LogP contribution is -2.00. The molecule has 11 rings (SSSR count). The van der Waals surface area contributed by atoms with Crippen molar-refractivity contribution in [1.29, 1.82) is 0 Å². The van der Waals surface area contributed by atoms with Crippen molar-refractivity contribution in [2.24, 2.45) is 0 Å². The van der Waals surface area contributed by atoms with Crippen molar-refractivity contribution < 1.29 is 33.5 Å². The molecule has 262 valence electrons. The molecular formula is C51H31N3O2. The van der Waals surface area contributed by atoms with E-state index in [4.69, 9.17) is 36.6 Å². The van der Waals surface area contributed by atoms with Crippen molar-refractivity contribution >= 4 is 43.9 Å². The molecule has 0 spiro atoms. The van der Waals surface area contributed by atoms with Gasteiger partial charge in [0.25, 0.3) is 0 Å². The Hall–Kier alpha value is -7.63. The standard InChI is InChI=1S/C51H31N3O2/c1-3-11-32(12-4-1)36-15-9-16-37(29-36)34-21-23-35(24-22-34)49-52-50(54-51(53-49)43-18-10-20-45-48(43)42-17-7-8-19-44(42)55-45)39-26-28-41-40-27-25-38(33-13-5-2-6-14-33)30-46(40)56-47(41)31-39/h1-31H/i2D,5D,6D,7D,8D,10D,13D,14D,17D,18D,19D,20D,25D,26D,27D,28D,30D,31D.